The third-order valence-corrected chi connectivity index (χ3v) is 5.07. The van der Waals surface area contributed by atoms with Crippen LogP contribution in [0.15, 0.2) is 17.3 Å². The van der Waals surface area contributed by atoms with Crippen LogP contribution in [0.25, 0.3) is 0 Å². The molecule has 1 heterocycles. The van der Waals surface area contributed by atoms with Crippen LogP contribution in [0, 0.1) is 0 Å². The Morgan fingerprint density at radius 3 is 2.16 bits per heavy atom. The lowest BCUT2D eigenvalue weighted by molar-refractivity contribution is 0.484. The summed E-state index contributed by atoms with van der Waals surface area (Å²) in [6.07, 6.45) is 3.40. The number of aromatic nitrogens is 2. The lowest BCUT2D eigenvalue weighted by Gasteiger charge is -2.16. The third kappa shape index (κ3) is 4.40. The fraction of sp³-hybridized carbons (Fsp3) is 0.556. The van der Waals surface area contributed by atoms with E-state index in [1.165, 1.54) is 19.4 Å². The monoisotopic (exact) mass is 308 g/mol. The molecular weight excluding hydrogens is 292 g/mol. The number of rotatable bonds is 6. The summed E-state index contributed by atoms with van der Waals surface area (Å²) in [7, 11) is -4.07. The van der Waals surface area contributed by atoms with Crippen molar-refractivity contribution in [3.8, 4) is 0 Å². The number of hydrogen-bond acceptors (Lipinski definition) is 7. The van der Waals surface area contributed by atoms with Crippen molar-refractivity contribution >= 4 is 25.8 Å². The molecule has 108 valence electrons. The zero-order chi connectivity index (χ0) is 14.7. The maximum absolute atomic E-state index is 12.1. The van der Waals surface area contributed by atoms with Crippen molar-refractivity contribution in [2.24, 2.45) is 0 Å². The Kier molecular flexibility index (Phi) is 4.82. The van der Waals surface area contributed by atoms with Crippen molar-refractivity contribution in [1.29, 1.82) is 0 Å². The summed E-state index contributed by atoms with van der Waals surface area (Å²) in [6.45, 7) is -0.116. The summed E-state index contributed by atoms with van der Waals surface area (Å²) in [5.74, 6) is 0.0656. The lowest BCUT2D eigenvalue weighted by Crippen LogP contribution is -2.31. The molecular formula is C9H16N4O4S2. The minimum atomic E-state index is -3.77. The van der Waals surface area contributed by atoms with Crippen LogP contribution in [0.2, 0.25) is 0 Å². The molecule has 0 saturated heterocycles. The van der Waals surface area contributed by atoms with E-state index in [4.69, 9.17) is 0 Å². The van der Waals surface area contributed by atoms with Crippen molar-refractivity contribution in [1.82, 2.24) is 14.3 Å². The van der Waals surface area contributed by atoms with Gasteiger partial charge in [-0.15, -0.1) is 0 Å². The molecule has 0 amide bonds. The molecule has 0 atom stereocenters. The summed E-state index contributed by atoms with van der Waals surface area (Å²) >= 11 is 0. The molecule has 0 unspecified atom stereocenters. The predicted molar refractivity (Wildman–Crippen MR) is 71.1 cm³/mol. The largest absolute Gasteiger partial charge is 0.357 e. The van der Waals surface area contributed by atoms with Gasteiger partial charge in [-0.3, -0.25) is 0 Å². The summed E-state index contributed by atoms with van der Waals surface area (Å²) in [5.41, 5.74) is 0. The molecule has 0 aromatic carbocycles. The second-order valence-corrected chi connectivity index (χ2v) is 8.25. The number of nitrogens with one attached hydrogen (secondary N) is 1. The van der Waals surface area contributed by atoms with Gasteiger partial charge in [0, 0.05) is 26.9 Å². The molecule has 1 aromatic heterocycles. The first-order chi connectivity index (χ1) is 8.66. The molecule has 0 bridgehead atoms. The highest BCUT2D eigenvalue weighted by Crippen LogP contribution is 2.12. The maximum Gasteiger partial charge on any atom is 0.245 e. The SMILES string of the molecule is CNc1ncc(S(=O)(=O)N(C)CCS(C)(=O)=O)cn1. The first kappa shape index (κ1) is 15.8. The highest BCUT2D eigenvalue weighted by atomic mass is 32.2. The quantitative estimate of drug-likeness (QED) is 0.731. The Bertz CT molecular complexity index is 625. The van der Waals surface area contributed by atoms with Gasteiger partial charge >= 0.3 is 0 Å². The van der Waals surface area contributed by atoms with Gasteiger partial charge in [0.15, 0.2) is 0 Å². The van der Waals surface area contributed by atoms with Gasteiger partial charge in [-0.1, -0.05) is 0 Å². The van der Waals surface area contributed by atoms with Gasteiger partial charge in [0.2, 0.25) is 16.0 Å². The van der Waals surface area contributed by atoms with E-state index in [9.17, 15) is 16.8 Å². The van der Waals surface area contributed by atoms with E-state index >= 15 is 0 Å². The first-order valence-electron chi connectivity index (χ1n) is 5.30. The van der Waals surface area contributed by atoms with Crippen LogP contribution in [0.4, 0.5) is 5.95 Å². The predicted octanol–water partition coefficient (Wildman–Crippen LogP) is -0.817. The van der Waals surface area contributed by atoms with Crippen LogP contribution < -0.4 is 5.32 Å². The Balaban J connectivity index is 2.90. The van der Waals surface area contributed by atoms with Gasteiger partial charge in [0.1, 0.15) is 14.7 Å². The number of hydrogen-bond donors (Lipinski definition) is 1. The van der Waals surface area contributed by atoms with Crippen LogP contribution in [-0.2, 0) is 19.9 Å². The van der Waals surface area contributed by atoms with Gasteiger partial charge < -0.3 is 5.32 Å². The van der Waals surface area contributed by atoms with E-state index in [1.807, 2.05) is 0 Å². The van der Waals surface area contributed by atoms with E-state index in [0.717, 1.165) is 10.6 Å². The minimum Gasteiger partial charge on any atom is -0.357 e. The topological polar surface area (TPSA) is 109 Å². The van der Waals surface area contributed by atoms with Gasteiger partial charge in [-0.25, -0.2) is 26.8 Å². The second kappa shape index (κ2) is 5.80. The zero-order valence-corrected chi connectivity index (χ0v) is 12.5. The van der Waals surface area contributed by atoms with E-state index in [2.05, 4.69) is 15.3 Å². The van der Waals surface area contributed by atoms with E-state index in [-0.39, 0.29) is 17.2 Å². The summed E-state index contributed by atoms with van der Waals surface area (Å²) in [6, 6.07) is 0. The molecule has 0 saturated carbocycles. The zero-order valence-electron chi connectivity index (χ0n) is 10.9. The van der Waals surface area contributed by atoms with Gasteiger partial charge in [-0.05, 0) is 0 Å². The van der Waals surface area contributed by atoms with Gasteiger partial charge in [0.05, 0.1) is 18.1 Å². The Morgan fingerprint density at radius 2 is 1.74 bits per heavy atom. The lowest BCUT2D eigenvalue weighted by atomic mass is 10.7. The molecule has 0 aliphatic carbocycles. The minimum absolute atomic E-state index is 0.0810. The number of sulfone groups is 1. The Hall–Kier alpha value is -1.26. The van der Waals surface area contributed by atoms with Crippen LogP contribution in [-0.4, -0.2) is 63.8 Å². The van der Waals surface area contributed by atoms with E-state index in [0.29, 0.717) is 5.95 Å². The van der Waals surface area contributed by atoms with Crippen molar-refractivity contribution < 1.29 is 16.8 Å². The van der Waals surface area contributed by atoms with E-state index < -0.39 is 19.9 Å². The molecule has 0 aliphatic rings. The van der Waals surface area contributed by atoms with Gasteiger partial charge in [0.25, 0.3) is 0 Å². The normalized spacial score (nSPS) is 12.6. The maximum atomic E-state index is 12.1. The standard InChI is InChI=1S/C9H16N4O4S2/c1-10-9-11-6-8(7-12-9)19(16,17)13(2)4-5-18(3,14)15/h6-7H,4-5H2,1-3H3,(H,10,11,12). The van der Waals surface area contributed by atoms with Crippen LogP contribution in [0.5, 0.6) is 0 Å². The first-order valence-corrected chi connectivity index (χ1v) is 8.81. The highest BCUT2D eigenvalue weighted by molar-refractivity contribution is 7.91. The number of sulfonamides is 1. The molecule has 1 rings (SSSR count). The average Bonchev–Trinajstić information content (AvgIpc) is 2.35. The molecule has 0 aliphatic heterocycles. The molecule has 19 heavy (non-hydrogen) atoms. The Labute approximate surface area is 112 Å². The molecule has 1 aromatic rings. The van der Waals surface area contributed by atoms with Crippen LogP contribution in [0.1, 0.15) is 0 Å². The molecule has 10 heteroatoms. The van der Waals surface area contributed by atoms with Crippen molar-refractivity contribution in [3.05, 3.63) is 12.4 Å². The van der Waals surface area contributed by atoms with Crippen molar-refractivity contribution in [3.63, 3.8) is 0 Å². The summed E-state index contributed by atoms with van der Waals surface area (Å²) in [4.78, 5) is 7.54. The van der Waals surface area contributed by atoms with Gasteiger partial charge in [-0.2, -0.15) is 4.31 Å². The molecule has 8 nitrogen and oxygen atoms in total. The Morgan fingerprint density at radius 1 is 1.21 bits per heavy atom. The molecule has 1 N–H and O–H groups in total. The number of nitrogens with zero attached hydrogens (tertiary/aromatic N) is 3. The van der Waals surface area contributed by atoms with Crippen molar-refractivity contribution in [2.75, 3.05) is 38.0 Å². The smallest absolute Gasteiger partial charge is 0.245 e. The van der Waals surface area contributed by atoms with Crippen LogP contribution in [0.3, 0.4) is 0 Å². The van der Waals surface area contributed by atoms with Crippen LogP contribution >= 0.6 is 0 Å². The average molecular weight is 308 g/mol. The fourth-order valence-corrected chi connectivity index (χ4v) is 2.96. The molecule has 0 fully saturated rings. The van der Waals surface area contributed by atoms with E-state index in [1.54, 1.807) is 7.05 Å². The summed E-state index contributed by atoms with van der Waals surface area (Å²) in [5, 5.41) is 2.67. The molecule has 0 radical (unpaired) electrons. The molecule has 0 spiro atoms. The number of anilines is 1. The highest BCUT2D eigenvalue weighted by Gasteiger charge is 2.22. The third-order valence-electron chi connectivity index (χ3n) is 2.34. The van der Waals surface area contributed by atoms with Crippen molar-refractivity contribution in [2.45, 2.75) is 4.90 Å². The second-order valence-electron chi connectivity index (χ2n) is 3.95. The fourth-order valence-electron chi connectivity index (χ4n) is 1.17. The summed E-state index contributed by atoms with van der Waals surface area (Å²) < 4.78 is 47.2.